The van der Waals surface area contributed by atoms with Gasteiger partial charge in [-0.15, -0.1) is 0 Å². The van der Waals surface area contributed by atoms with Crippen molar-refractivity contribution in [2.75, 3.05) is 18.1 Å². The van der Waals surface area contributed by atoms with Gasteiger partial charge in [-0.25, -0.2) is 9.79 Å². The number of hydrogen-bond acceptors (Lipinski definition) is 6. The zero-order valence-corrected chi connectivity index (χ0v) is 20.2. The van der Waals surface area contributed by atoms with Crippen molar-refractivity contribution >= 4 is 34.5 Å². The molecule has 7 nitrogen and oxygen atoms in total. The van der Waals surface area contributed by atoms with Crippen molar-refractivity contribution < 1.29 is 14.3 Å². The summed E-state index contributed by atoms with van der Waals surface area (Å²) in [5.41, 5.74) is 3.02. The smallest absolute Gasteiger partial charge is 0.338 e. The molecule has 176 valence electrons. The lowest BCUT2D eigenvalue weighted by Crippen LogP contribution is -2.41. The number of amides is 1. The largest absolute Gasteiger partial charge is 0.458 e. The summed E-state index contributed by atoms with van der Waals surface area (Å²) in [4.78, 5) is 47.1. The molecule has 1 amide bonds. The second-order valence-corrected chi connectivity index (χ2v) is 9.12. The molecule has 0 N–H and O–H groups in total. The summed E-state index contributed by atoms with van der Waals surface area (Å²) < 4.78 is 7.17. The second kappa shape index (κ2) is 8.96. The second-order valence-electron chi connectivity index (χ2n) is 8.14. The first kappa shape index (κ1) is 22.7. The Morgan fingerprint density at radius 2 is 1.86 bits per heavy atom. The third kappa shape index (κ3) is 3.57. The lowest BCUT2D eigenvalue weighted by atomic mass is 9.96. The minimum atomic E-state index is -0.729. The van der Waals surface area contributed by atoms with Gasteiger partial charge in [0.05, 0.1) is 28.6 Å². The van der Waals surface area contributed by atoms with E-state index < -0.39 is 12.0 Å². The molecule has 1 aromatic heterocycles. The summed E-state index contributed by atoms with van der Waals surface area (Å²) in [7, 11) is 0. The molecule has 0 saturated heterocycles. The maximum absolute atomic E-state index is 14.0. The zero-order chi connectivity index (χ0) is 24.7. The van der Waals surface area contributed by atoms with E-state index in [1.54, 1.807) is 11.8 Å². The highest BCUT2D eigenvalue weighted by atomic mass is 32.1. The van der Waals surface area contributed by atoms with Gasteiger partial charge in [-0.1, -0.05) is 72.5 Å². The molecule has 1 atom stereocenters. The monoisotopic (exact) mass is 485 g/mol. The number of aromatic nitrogens is 1. The van der Waals surface area contributed by atoms with Gasteiger partial charge >= 0.3 is 5.97 Å². The number of para-hydroxylation sites is 1. The number of benzene rings is 2. The highest BCUT2D eigenvalue weighted by Crippen LogP contribution is 2.35. The Morgan fingerprint density at radius 1 is 1.14 bits per heavy atom. The van der Waals surface area contributed by atoms with Crippen molar-refractivity contribution in [1.82, 2.24) is 4.57 Å². The molecule has 0 bridgehead atoms. The summed E-state index contributed by atoms with van der Waals surface area (Å²) in [5.74, 6) is -0.769. The third-order valence-corrected chi connectivity index (χ3v) is 7.18. The van der Waals surface area contributed by atoms with E-state index in [0.29, 0.717) is 27.1 Å². The van der Waals surface area contributed by atoms with Crippen molar-refractivity contribution in [2.45, 2.75) is 19.9 Å². The molecule has 0 fully saturated rings. The van der Waals surface area contributed by atoms with E-state index in [0.717, 1.165) is 16.8 Å². The first-order chi connectivity index (χ1) is 17.0. The minimum absolute atomic E-state index is 0.0455. The fourth-order valence-corrected chi connectivity index (χ4v) is 5.75. The predicted octanol–water partition coefficient (Wildman–Crippen LogP) is 2.70. The van der Waals surface area contributed by atoms with E-state index in [1.807, 2.05) is 61.5 Å². The van der Waals surface area contributed by atoms with E-state index in [9.17, 15) is 14.4 Å². The number of allylic oxidation sites excluding steroid dienone is 1. The fourth-order valence-electron chi connectivity index (χ4n) is 4.61. The maximum Gasteiger partial charge on any atom is 0.338 e. The minimum Gasteiger partial charge on any atom is -0.458 e. The number of hydrogen-bond donors (Lipinski definition) is 0. The van der Waals surface area contributed by atoms with Crippen LogP contribution in [0.1, 0.15) is 31.0 Å². The van der Waals surface area contributed by atoms with Crippen LogP contribution in [0.2, 0.25) is 0 Å². The Kier molecular flexibility index (Phi) is 5.82. The number of esters is 1. The lowest BCUT2D eigenvalue weighted by Gasteiger charge is -2.24. The number of carbonyl (C=O) groups is 2. The molecule has 3 heterocycles. The van der Waals surface area contributed by atoms with Gasteiger partial charge in [-0.05, 0) is 25.5 Å². The van der Waals surface area contributed by atoms with Crippen molar-refractivity contribution in [2.24, 2.45) is 4.99 Å². The standard InChI is InChI=1S/C27H23N3O4S/c1-4-15-34-26(33)20-16(3)28-27-30(22(20)17-11-7-6-8-12-17)25(32)23(35-27)21-18-13-9-10-14-19(18)29(5-2)24(21)31/h4,6-14,22H,1,5,15H2,2-3H3/b23-21+/t22-/m0/s1. The Labute approximate surface area is 205 Å². The van der Waals surface area contributed by atoms with E-state index in [4.69, 9.17) is 4.74 Å². The molecule has 0 aliphatic carbocycles. The van der Waals surface area contributed by atoms with Crippen molar-refractivity contribution in [3.63, 3.8) is 0 Å². The molecule has 5 rings (SSSR count). The first-order valence-electron chi connectivity index (χ1n) is 11.3. The average molecular weight is 486 g/mol. The quantitative estimate of drug-likeness (QED) is 0.411. The van der Waals surface area contributed by atoms with Crippen molar-refractivity contribution in [3.8, 4) is 0 Å². The SMILES string of the molecule is C=CCOC(=O)C1=C(C)N=c2s/c(=C3/C(=O)N(CC)c4ccccc43)c(=O)n2[C@H]1c1ccccc1. The van der Waals surface area contributed by atoms with E-state index in [2.05, 4.69) is 11.6 Å². The van der Waals surface area contributed by atoms with Gasteiger partial charge in [0.15, 0.2) is 4.80 Å². The van der Waals surface area contributed by atoms with E-state index in [-0.39, 0.29) is 23.6 Å². The molecule has 3 aromatic rings. The third-order valence-electron chi connectivity index (χ3n) is 6.13. The summed E-state index contributed by atoms with van der Waals surface area (Å²) in [5, 5.41) is 0. The topological polar surface area (TPSA) is 81.0 Å². The zero-order valence-electron chi connectivity index (χ0n) is 19.4. The number of likely N-dealkylation sites (N-methyl/N-ethyl adjacent to an activating group) is 1. The number of anilines is 1. The summed E-state index contributed by atoms with van der Waals surface area (Å²) in [6.45, 7) is 7.77. The van der Waals surface area contributed by atoms with Crippen molar-refractivity contribution in [1.29, 1.82) is 0 Å². The number of ether oxygens (including phenoxy) is 1. The van der Waals surface area contributed by atoms with Crippen LogP contribution in [-0.2, 0) is 14.3 Å². The molecule has 0 saturated carbocycles. The van der Waals surface area contributed by atoms with Gasteiger partial charge in [0.25, 0.3) is 11.5 Å². The van der Waals surface area contributed by atoms with Crippen LogP contribution in [-0.4, -0.2) is 29.6 Å². The number of fused-ring (bicyclic) bond motifs is 2. The number of rotatable bonds is 5. The number of carbonyl (C=O) groups excluding carboxylic acids is 2. The molecular formula is C27H23N3O4S. The van der Waals surface area contributed by atoms with Crippen LogP contribution in [0, 0.1) is 0 Å². The first-order valence-corrected chi connectivity index (χ1v) is 12.1. The van der Waals surface area contributed by atoms with Gasteiger partial charge in [-0.2, -0.15) is 0 Å². The van der Waals surface area contributed by atoms with Gasteiger partial charge in [0.2, 0.25) is 0 Å². The summed E-state index contributed by atoms with van der Waals surface area (Å²) in [6.07, 6.45) is 1.49. The molecule has 2 aliphatic heterocycles. The molecule has 0 unspecified atom stereocenters. The van der Waals surface area contributed by atoms with Crippen LogP contribution in [0.3, 0.4) is 0 Å². The van der Waals surface area contributed by atoms with Gasteiger partial charge in [0.1, 0.15) is 11.1 Å². The molecule has 2 aliphatic rings. The van der Waals surface area contributed by atoms with Crippen molar-refractivity contribution in [3.05, 3.63) is 109 Å². The molecule has 8 heteroatoms. The van der Waals surface area contributed by atoms with Gasteiger partial charge < -0.3 is 9.64 Å². The fraction of sp³-hybridized carbons (Fsp3) is 0.185. The Bertz CT molecular complexity index is 1580. The molecule has 35 heavy (non-hydrogen) atoms. The Hall–Kier alpha value is -4.04. The average Bonchev–Trinajstić information content (AvgIpc) is 3.34. The van der Waals surface area contributed by atoms with Crippen LogP contribution >= 0.6 is 11.3 Å². The highest BCUT2D eigenvalue weighted by molar-refractivity contribution is 7.07. The molecule has 2 aromatic carbocycles. The van der Waals surface area contributed by atoms with Gasteiger partial charge in [0, 0.05) is 12.1 Å². The van der Waals surface area contributed by atoms with Crippen LogP contribution < -0.4 is 19.8 Å². The van der Waals surface area contributed by atoms with Crippen LogP contribution in [0.25, 0.3) is 5.57 Å². The maximum atomic E-state index is 14.0. The summed E-state index contributed by atoms with van der Waals surface area (Å²) in [6, 6.07) is 16.0. The highest BCUT2D eigenvalue weighted by Gasteiger charge is 2.36. The van der Waals surface area contributed by atoms with Gasteiger partial charge in [-0.3, -0.25) is 14.2 Å². The Morgan fingerprint density at radius 3 is 2.57 bits per heavy atom. The van der Waals surface area contributed by atoms with E-state index >= 15 is 0 Å². The predicted molar refractivity (Wildman–Crippen MR) is 135 cm³/mol. The molecule has 0 radical (unpaired) electrons. The number of nitrogens with zero attached hydrogens (tertiary/aromatic N) is 3. The normalized spacial score (nSPS) is 18.2. The number of thiazole rings is 1. The van der Waals surface area contributed by atoms with E-state index in [1.165, 1.54) is 22.0 Å². The van der Waals surface area contributed by atoms with Crippen LogP contribution in [0.4, 0.5) is 5.69 Å². The van der Waals surface area contributed by atoms with Crippen LogP contribution in [0.15, 0.2) is 88.3 Å². The Balaban J connectivity index is 1.80. The molecular weight excluding hydrogens is 462 g/mol. The summed E-state index contributed by atoms with van der Waals surface area (Å²) >= 11 is 1.17. The molecule has 0 spiro atoms. The lowest BCUT2D eigenvalue weighted by molar-refractivity contribution is -0.138. The van der Waals surface area contributed by atoms with Crippen LogP contribution in [0.5, 0.6) is 0 Å².